The van der Waals surface area contributed by atoms with Gasteiger partial charge in [0.1, 0.15) is 11.4 Å². The fourth-order valence-electron chi connectivity index (χ4n) is 2.09. The molecule has 3 aromatic rings. The minimum absolute atomic E-state index is 0.446. The second kappa shape index (κ2) is 5.46. The maximum Gasteiger partial charge on any atom is 0.156 e. The Hall–Kier alpha value is -2.53. The van der Waals surface area contributed by atoms with Gasteiger partial charge in [-0.1, -0.05) is 28.9 Å². The molecule has 0 saturated carbocycles. The van der Waals surface area contributed by atoms with Crippen LogP contribution in [-0.4, -0.2) is 22.1 Å². The summed E-state index contributed by atoms with van der Waals surface area (Å²) >= 11 is 5.89. The van der Waals surface area contributed by atoms with E-state index in [1.165, 1.54) is 0 Å². The number of nitrogen functional groups attached to an aromatic ring is 1. The quantitative estimate of drug-likeness (QED) is 0.807. The minimum atomic E-state index is 0.446. The number of para-hydroxylation sites is 1. The summed E-state index contributed by atoms with van der Waals surface area (Å²) in [5.41, 5.74) is 8.36. The first-order valence-corrected chi connectivity index (χ1v) is 6.69. The summed E-state index contributed by atoms with van der Waals surface area (Å²) in [5.74, 6) is 1.15. The van der Waals surface area contributed by atoms with Crippen LogP contribution >= 0.6 is 11.6 Å². The second-order valence-corrected chi connectivity index (χ2v) is 4.85. The van der Waals surface area contributed by atoms with Crippen molar-refractivity contribution in [3.8, 4) is 22.7 Å². The van der Waals surface area contributed by atoms with Gasteiger partial charge in [0.25, 0.3) is 0 Å². The number of methoxy groups -OCH3 is 1. The molecule has 0 atom stereocenters. The molecule has 3 rings (SSSR count). The Labute approximate surface area is 126 Å². The van der Waals surface area contributed by atoms with E-state index < -0.39 is 0 Å². The molecule has 0 fully saturated rings. The molecule has 0 bridgehead atoms. The Morgan fingerprint density at radius 2 is 1.81 bits per heavy atom. The molecule has 0 unspecified atom stereocenters. The Kier molecular flexibility index (Phi) is 3.50. The van der Waals surface area contributed by atoms with E-state index >= 15 is 0 Å². The summed E-state index contributed by atoms with van der Waals surface area (Å²) < 4.78 is 6.90. The zero-order valence-electron chi connectivity index (χ0n) is 11.3. The number of nitrogens with two attached hydrogens (primary N) is 1. The summed E-state index contributed by atoms with van der Waals surface area (Å²) in [6, 6.07) is 14.8. The zero-order chi connectivity index (χ0) is 14.8. The van der Waals surface area contributed by atoms with E-state index in [1.54, 1.807) is 23.9 Å². The topological polar surface area (TPSA) is 66.0 Å². The van der Waals surface area contributed by atoms with Crippen molar-refractivity contribution >= 4 is 17.4 Å². The van der Waals surface area contributed by atoms with Gasteiger partial charge in [0.2, 0.25) is 0 Å². The Bertz CT molecular complexity index is 768. The molecule has 5 nitrogen and oxygen atoms in total. The van der Waals surface area contributed by atoms with Crippen LogP contribution < -0.4 is 10.5 Å². The van der Waals surface area contributed by atoms with Gasteiger partial charge in [0, 0.05) is 10.6 Å². The maximum absolute atomic E-state index is 6.18. The smallest absolute Gasteiger partial charge is 0.156 e. The van der Waals surface area contributed by atoms with Crippen molar-refractivity contribution in [2.24, 2.45) is 0 Å². The molecule has 2 aromatic carbocycles. The van der Waals surface area contributed by atoms with Gasteiger partial charge in [0.15, 0.2) is 5.82 Å². The number of aromatic nitrogens is 3. The lowest BCUT2D eigenvalue weighted by molar-refractivity contribution is 0.416. The lowest BCUT2D eigenvalue weighted by Gasteiger charge is -2.07. The number of nitrogens with zero attached hydrogens (tertiary/aromatic N) is 3. The van der Waals surface area contributed by atoms with Crippen LogP contribution in [0.3, 0.4) is 0 Å². The van der Waals surface area contributed by atoms with Crippen LogP contribution in [0.4, 0.5) is 5.82 Å². The zero-order valence-corrected chi connectivity index (χ0v) is 12.1. The predicted octanol–water partition coefficient (Wildman–Crippen LogP) is 3.18. The van der Waals surface area contributed by atoms with Gasteiger partial charge in [-0.15, -0.1) is 5.10 Å². The van der Waals surface area contributed by atoms with Crippen LogP contribution in [0.15, 0.2) is 48.5 Å². The van der Waals surface area contributed by atoms with E-state index in [-0.39, 0.29) is 0 Å². The van der Waals surface area contributed by atoms with Crippen LogP contribution in [0.5, 0.6) is 5.75 Å². The van der Waals surface area contributed by atoms with Crippen molar-refractivity contribution in [3.05, 3.63) is 53.6 Å². The Balaban J connectivity index is 2.09. The lowest BCUT2D eigenvalue weighted by Crippen LogP contribution is -2.02. The molecule has 6 heteroatoms. The van der Waals surface area contributed by atoms with Crippen LogP contribution in [0.2, 0.25) is 5.02 Å². The van der Waals surface area contributed by atoms with Crippen LogP contribution in [-0.2, 0) is 0 Å². The van der Waals surface area contributed by atoms with E-state index in [9.17, 15) is 0 Å². The van der Waals surface area contributed by atoms with Crippen molar-refractivity contribution in [1.29, 1.82) is 0 Å². The third-order valence-corrected chi connectivity index (χ3v) is 3.39. The molecule has 0 spiro atoms. The van der Waals surface area contributed by atoms with Gasteiger partial charge in [-0.2, -0.15) is 4.68 Å². The predicted molar refractivity (Wildman–Crippen MR) is 82.8 cm³/mol. The first-order chi connectivity index (χ1) is 10.2. The molecule has 0 saturated heterocycles. The normalized spacial score (nSPS) is 10.6. The molecule has 1 heterocycles. The third-order valence-electron chi connectivity index (χ3n) is 3.14. The van der Waals surface area contributed by atoms with Gasteiger partial charge < -0.3 is 10.5 Å². The van der Waals surface area contributed by atoms with Crippen molar-refractivity contribution in [2.75, 3.05) is 12.8 Å². The second-order valence-electron chi connectivity index (χ2n) is 4.41. The summed E-state index contributed by atoms with van der Waals surface area (Å²) in [4.78, 5) is 0. The molecule has 21 heavy (non-hydrogen) atoms. The molecule has 0 aliphatic carbocycles. The Morgan fingerprint density at radius 1 is 1.10 bits per heavy atom. The van der Waals surface area contributed by atoms with Crippen molar-refractivity contribution < 1.29 is 4.74 Å². The number of ether oxygens (including phenoxy) is 1. The highest BCUT2D eigenvalue weighted by Crippen LogP contribution is 2.32. The van der Waals surface area contributed by atoms with Crippen molar-refractivity contribution in [2.45, 2.75) is 0 Å². The number of hydrogen-bond donors (Lipinski definition) is 1. The number of hydrogen-bond acceptors (Lipinski definition) is 4. The van der Waals surface area contributed by atoms with E-state index in [4.69, 9.17) is 22.1 Å². The van der Waals surface area contributed by atoms with Gasteiger partial charge in [-0.25, -0.2) is 0 Å². The lowest BCUT2D eigenvalue weighted by atomic mass is 10.1. The number of rotatable bonds is 3. The first-order valence-electron chi connectivity index (χ1n) is 6.31. The summed E-state index contributed by atoms with van der Waals surface area (Å²) in [6.45, 7) is 0. The monoisotopic (exact) mass is 300 g/mol. The molecule has 2 N–H and O–H groups in total. The Morgan fingerprint density at radius 3 is 2.52 bits per heavy atom. The van der Waals surface area contributed by atoms with Gasteiger partial charge in [0.05, 0.1) is 12.8 Å². The molecule has 0 aliphatic rings. The first kappa shape index (κ1) is 13.5. The fraction of sp³-hybridized carbons (Fsp3) is 0.0667. The highest BCUT2D eigenvalue weighted by atomic mass is 35.5. The van der Waals surface area contributed by atoms with Crippen LogP contribution in [0, 0.1) is 0 Å². The molecule has 0 aliphatic heterocycles. The number of anilines is 1. The SMILES string of the molecule is COc1ccccc1-c1nnn(-c2ccc(Cl)cc2)c1N. The average molecular weight is 301 g/mol. The van der Waals surface area contributed by atoms with Gasteiger partial charge in [-0.3, -0.25) is 0 Å². The molecular formula is C15H13ClN4O. The number of benzene rings is 2. The standard InChI is InChI=1S/C15H13ClN4O/c1-21-13-5-3-2-4-12(13)14-15(17)20(19-18-14)11-8-6-10(16)7-9-11/h2-9H,17H2,1H3. The average Bonchev–Trinajstić information content (AvgIpc) is 2.89. The van der Waals surface area contributed by atoms with E-state index in [0.717, 1.165) is 11.3 Å². The van der Waals surface area contributed by atoms with Gasteiger partial charge >= 0.3 is 0 Å². The minimum Gasteiger partial charge on any atom is -0.496 e. The fourth-order valence-corrected chi connectivity index (χ4v) is 2.22. The largest absolute Gasteiger partial charge is 0.496 e. The third kappa shape index (κ3) is 2.43. The highest BCUT2D eigenvalue weighted by Gasteiger charge is 2.16. The molecule has 106 valence electrons. The molecule has 0 radical (unpaired) electrons. The maximum atomic E-state index is 6.18. The summed E-state index contributed by atoms with van der Waals surface area (Å²) in [6.07, 6.45) is 0. The van der Waals surface area contributed by atoms with Crippen molar-refractivity contribution in [1.82, 2.24) is 15.0 Å². The molecule has 0 amide bonds. The highest BCUT2D eigenvalue weighted by molar-refractivity contribution is 6.30. The van der Waals surface area contributed by atoms with Crippen molar-refractivity contribution in [3.63, 3.8) is 0 Å². The van der Waals surface area contributed by atoms with Crippen LogP contribution in [0.1, 0.15) is 0 Å². The van der Waals surface area contributed by atoms with Crippen LogP contribution in [0.25, 0.3) is 16.9 Å². The molecular weight excluding hydrogens is 288 g/mol. The summed E-state index contributed by atoms with van der Waals surface area (Å²) in [5, 5.41) is 8.93. The van der Waals surface area contributed by atoms with E-state index in [2.05, 4.69) is 10.3 Å². The summed E-state index contributed by atoms with van der Waals surface area (Å²) in [7, 11) is 1.61. The van der Waals surface area contributed by atoms with E-state index in [1.807, 2.05) is 36.4 Å². The molecule has 1 aromatic heterocycles. The van der Waals surface area contributed by atoms with Gasteiger partial charge in [-0.05, 0) is 36.4 Å². The van der Waals surface area contributed by atoms with E-state index in [0.29, 0.717) is 22.3 Å². The number of halogens is 1.